The molecular weight excluding hydrogens is 182 g/mol. The molecule has 1 unspecified atom stereocenters. The van der Waals surface area contributed by atoms with Crippen molar-refractivity contribution in [1.29, 1.82) is 0 Å². The van der Waals surface area contributed by atoms with Gasteiger partial charge in [-0.1, -0.05) is 20.3 Å². The van der Waals surface area contributed by atoms with Gasteiger partial charge in [-0.05, 0) is 45.3 Å². The van der Waals surface area contributed by atoms with Crippen LogP contribution in [0.4, 0.5) is 0 Å². The molecule has 0 fully saturated rings. The van der Waals surface area contributed by atoms with E-state index in [4.69, 9.17) is 11.6 Å². The first-order valence-electron chi connectivity index (χ1n) is 5.45. The highest BCUT2D eigenvalue weighted by Crippen LogP contribution is 2.09. The van der Waals surface area contributed by atoms with Crippen molar-refractivity contribution >= 4 is 11.6 Å². The van der Waals surface area contributed by atoms with Crippen molar-refractivity contribution in [2.45, 2.75) is 39.5 Å². The summed E-state index contributed by atoms with van der Waals surface area (Å²) in [6, 6.07) is 0. The fourth-order valence-corrected chi connectivity index (χ4v) is 1.68. The number of hydrogen-bond donors (Lipinski definition) is 0. The monoisotopic (exact) mass is 205 g/mol. The first kappa shape index (κ1) is 13.2. The van der Waals surface area contributed by atoms with Gasteiger partial charge in [-0.15, -0.1) is 11.6 Å². The van der Waals surface area contributed by atoms with E-state index in [1.54, 1.807) is 0 Å². The number of halogens is 1. The lowest BCUT2D eigenvalue weighted by Gasteiger charge is -2.18. The number of hydrogen-bond acceptors (Lipinski definition) is 1. The number of unbranched alkanes of at least 4 members (excludes halogenated alkanes) is 1. The van der Waals surface area contributed by atoms with E-state index in [9.17, 15) is 0 Å². The van der Waals surface area contributed by atoms with Gasteiger partial charge in [0.25, 0.3) is 0 Å². The van der Waals surface area contributed by atoms with Crippen LogP contribution in [0.2, 0.25) is 0 Å². The van der Waals surface area contributed by atoms with Crippen molar-refractivity contribution in [3.8, 4) is 0 Å². The Labute approximate surface area is 88.5 Å². The Morgan fingerprint density at radius 2 is 1.92 bits per heavy atom. The highest BCUT2D eigenvalue weighted by Gasteiger charge is 2.03. The van der Waals surface area contributed by atoms with Crippen LogP contribution in [0.1, 0.15) is 39.5 Å². The predicted octanol–water partition coefficient (Wildman–Crippen LogP) is 3.37. The van der Waals surface area contributed by atoms with E-state index in [0.29, 0.717) is 0 Å². The summed E-state index contributed by atoms with van der Waals surface area (Å²) < 4.78 is 0. The van der Waals surface area contributed by atoms with Gasteiger partial charge in [-0.25, -0.2) is 0 Å². The van der Waals surface area contributed by atoms with Crippen LogP contribution in [-0.4, -0.2) is 30.9 Å². The fraction of sp³-hybridized carbons (Fsp3) is 1.00. The van der Waals surface area contributed by atoms with E-state index >= 15 is 0 Å². The van der Waals surface area contributed by atoms with Crippen molar-refractivity contribution in [2.75, 3.05) is 26.0 Å². The molecule has 0 spiro atoms. The zero-order valence-corrected chi connectivity index (χ0v) is 10.1. The maximum absolute atomic E-state index is 5.68. The van der Waals surface area contributed by atoms with Crippen molar-refractivity contribution < 1.29 is 0 Å². The minimum atomic E-state index is 0.779. The normalized spacial score (nSPS) is 13.6. The van der Waals surface area contributed by atoms with Crippen LogP contribution in [0.15, 0.2) is 0 Å². The minimum absolute atomic E-state index is 0.779. The van der Waals surface area contributed by atoms with E-state index < -0.39 is 0 Å². The number of nitrogens with zero attached hydrogens (tertiary/aromatic N) is 1. The molecule has 0 saturated carbocycles. The molecule has 0 N–H and O–H groups in total. The molecule has 1 atom stereocenters. The van der Waals surface area contributed by atoms with Gasteiger partial charge in [0.1, 0.15) is 0 Å². The van der Waals surface area contributed by atoms with Crippen LogP contribution in [0.25, 0.3) is 0 Å². The molecule has 0 bridgehead atoms. The van der Waals surface area contributed by atoms with Crippen molar-refractivity contribution in [2.24, 2.45) is 5.92 Å². The molecule has 13 heavy (non-hydrogen) atoms. The molecule has 0 aliphatic heterocycles. The van der Waals surface area contributed by atoms with Gasteiger partial charge < -0.3 is 4.90 Å². The molecule has 0 aliphatic rings. The number of alkyl halides is 1. The molecule has 0 aromatic carbocycles. The summed E-state index contributed by atoms with van der Waals surface area (Å²) in [5, 5.41) is 0. The summed E-state index contributed by atoms with van der Waals surface area (Å²) in [6.45, 7) is 6.99. The van der Waals surface area contributed by atoms with Gasteiger partial charge >= 0.3 is 0 Å². The second-order valence-electron chi connectivity index (χ2n) is 4.03. The Morgan fingerprint density at radius 1 is 1.23 bits per heavy atom. The van der Waals surface area contributed by atoms with Crippen molar-refractivity contribution in [3.63, 3.8) is 0 Å². The van der Waals surface area contributed by atoms with Crippen LogP contribution >= 0.6 is 11.6 Å². The molecule has 0 amide bonds. The predicted molar refractivity (Wildman–Crippen MR) is 61.5 cm³/mol. The Bertz CT molecular complexity index is 106. The molecule has 0 heterocycles. The van der Waals surface area contributed by atoms with Crippen molar-refractivity contribution in [1.82, 2.24) is 4.90 Å². The minimum Gasteiger partial charge on any atom is -0.306 e. The topological polar surface area (TPSA) is 3.24 Å². The molecular formula is C11H24ClN. The zero-order chi connectivity index (χ0) is 10.1. The summed E-state index contributed by atoms with van der Waals surface area (Å²) in [4.78, 5) is 2.42. The quantitative estimate of drug-likeness (QED) is 0.550. The lowest BCUT2D eigenvalue weighted by Crippen LogP contribution is -2.22. The Balaban J connectivity index is 3.29. The van der Waals surface area contributed by atoms with E-state index in [1.807, 2.05) is 0 Å². The zero-order valence-electron chi connectivity index (χ0n) is 9.35. The highest BCUT2D eigenvalue weighted by molar-refractivity contribution is 6.17. The largest absolute Gasteiger partial charge is 0.306 e. The SMILES string of the molecule is CCCCN(C)CCC(C)CCCl. The Morgan fingerprint density at radius 3 is 2.46 bits per heavy atom. The third kappa shape index (κ3) is 8.58. The molecule has 0 rings (SSSR count). The maximum Gasteiger partial charge on any atom is 0.0225 e. The van der Waals surface area contributed by atoms with Crippen LogP contribution in [0.5, 0.6) is 0 Å². The van der Waals surface area contributed by atoms with E-state index in [-0.39, 0.29) is 0 Å². The summed E-state index contributed by atoms with van der Waals surface area (Å²) >= 11 is 5.68. The van der Waals surface area contributed by atoms with Crippen LogP contribution in [-0.2, 0) is 0 Å². The second-order valence-corrected chi connectivity index (χ2v) is 4.41. The third-order valence-electron chi connectivity index (χ3n) is 2.50. The lowest BCUT2D eigenvalue weighted by molar-refractivity contribution is 0.299. The molecule has 0 radical (unpaired) electrons. The van der Waals surface area contributed by atoms with E-state index in [0.717, 1.165) is 18.2 Å². The van der Waals surface area contributed by atoms with Gasteiger partial charge in [0.15, 0.2) is 0 Å². The molecule has 0 aromatic rings. The van der Waals surface area contributed by atoms with Gasteiger partial charge in [-0.2, -0.15) is 0 Å². The van der Waals surface area contributed by atoms with Crippen LogP contribution < -0.4 is 0 Å². The van der Waals surface area contributed by atoms with Gasteiger partial charge in [0.05, 0.1) is 0 Å². The first-order chi connectivity index (χ1) is 6.20. The smallest absolute Gasteiger partial charge is 0.0225 e. The molecule has 2 heteroatoms. The summed E-state index contributed by atoms with van der Waals surface area (Å²) in [5.41, 5.74) is 0. The van der Waals surface area contributed by atoms with Gasteiger partial charge in [0.2, 0.25) is 0 Å². The lowest BCUT2D eigenvalue weighted by atomic mass is 10.1. The van der Waals surface area contributed by atoms with Crippen molar-refractivity contribution in [3.05, 3.63) is 0 Å². The second kappa shape index (κ2) is 8.83. The average Bonchev–Trinajstić information content (AvgIpc) is 2.12. The van der Waals surface area contributed by atoms with Gasteiger partial charge in [-0.3, -0.25) is 0 Å². The molecule has 80 valence electrons. The average molecular weight is 206 g/mol. The van der Waals surface area contributed by atoms with E-state index in [2.05, 4.69) is 25.8 Å². The van der Waals surface area contributed by atoms with Crippen LogP contribution in [0, 0.1) is 5.92 Å². The fourth-order valence-electron chi connectivity index (χ4n) is 1.31. The summed E-state index contributed by atoms with van der Waals surface area (Å²) in [6.07, 6.45) is 5.05. The Hall–Kier alpha value is 0.250. The highest BCUT2D eigenvalue weighted by atomic mass is 35.5. The standard InChI is InChI=1S/C11H24ClN/c1-4-5-9-13(3)10-7-11(2)6-8-12/h11H,4-10H2,1-3H3. The summed E-state index contributed by atoms with van der Waals surface area (Å²) in [7, 11) is 2.21. The maximum atomic E-state index is 5.68. The van der Waals surface area contributed by atoms with Gasteiger partial charge in [0, 0.05) is 5.88 Å². The van der Waals surface area contributed by atoms with E-state index in [1.165, 1.54) is 32.4 Å². The summed E-state index contributed by atoms with van der Waals surface area (Å²) in [5.74, 6) is 1.58. The Kier molecular flexibility index (Phi) is 9.00. The molecule has 0 saturated heterocycles. The number of rotatable bonds is 8. The third-order valence-corrected chi connectivity index (χ3v) is 2.72. The first-order valence-corrected chi connectivity index (χ1v) is 5.98. The molecule has 0 aliphatic carbocycles. The van der Waals surface area contributed by atoms with Crippen LogP contribution in [0.3, 0.4) is 0 Å². The molecule has 1 nitrogen and oxygen atoms in total. The molecule has 0 aromatic heterocycles.